The van der Waals surface area contributed by atoms with Crippen LogP contribution >= 0.6 is 0 Å². The summed E-state index contributed by atoms with van der Waals surface area (Å²) in [4.78, 5) is 11.0. The van der Waals surface area contributed by atoms with Gasteiger partial charge in [-0.25, -0.2) is 0 Å². The van der Waals surface area contributed by atoms with E-state index in [9.17, 15) is 9.90 Å². The number of aliphatic hydroxyl groups is 1. The highest BCUT2D eigenvalue weighted by Gasteiger charge is 2.32. The molecular formula is C16H26O3. The molecule has 0 radical (unpaired) electrons. The Morgan fingerprint density at radius 1 is 1.47 bits per heavy atom. The van der Waals surface area contributed by atoms with Gasteiger partial charge in [-0.05, 0) is 51.0 Å². The van der Waals surface area contributed by atoms with Crippen molar-refractivity contribution >= 4 is 5.97 Å². The van der Waals surface area contributed by atoms with Gasteiger partial charge < -0.3 is 10.2 Å². The minimum absolute atomic E-state index is 0.0986. The molecule has 1 aliphatic rings. The van der Waals surface area contributed by atoms with Crippen molar-refractivity contribution in [3.05, 3.63) is 23.3 Å². The van der Waals surface area contributed by atoms with Gasteiger partial charge >= 0.3 is 5.97 Å². The van der Waals surface area contributed by atoms with E-state index in [4.69, 9.17) is 5.11 Å². The van der Waals surface area contributed by atoms with Crippen LogP contribution in [0.5, 0.6) is 0 Å². The van der Waals surface area contributed by atoms with E-state index in [0.29, 0.717) is 0 Å². The highest BCUT2D eigenvalue weighted by atomic mass is 16.4. The second-order valence-corrected chi connectivity index (χ2v) is 6.55. The van der Waals surface area contributed by atoms with Crippen molar-refractivity contribution in [1.29, 1.82) is 0 Å². The highest BCUT2D eigenvalue weighted by molar-refractivity contribution is 5.71. The molecule has 0 fully saturated rings. The third-order valence-electron chi connectivity index (χ3n) is 4.38. The van der Waals surface area contributed by atoms with Gasteiger partial charge in [0.25, 0.3) is 0 Å². The average Bonchev–Trinajstić information content (AvgIpc) is 2.26. The van der Waals surface area contributed by atoms with Gasteiger partial charge in [0.15, 0.2) is 0 Å². The molecule has 2 unspecified atom stereocenters. The first kappa shape index (κ1) is 16.0. The third-order valence-corrected chi connectivity index (χ3v) is 4.38. The fourth-order valence-electron chi connectivity index (χ4n) is 2.66. The van der Waals surface area contributed by atoms with Crippen molar-refractivity contribution in [2.75, 3.05) is 0 Å². The number of carboxylic acids is 1. The van der Waals surface area contributed by atoms with E-state index in [2.05, 4.69) is 20.8 Å². The predicted molar refractivity (Wildman–Crippen MR) is 76.9 cm³/mol. The Balaban J connectivity index is 3.00. The Bertz CT molecular complexity index is 414. The fraction of sp³-hybridized carbons (Fsp3) is 0.688. The molecule has 3 heteroatoms. The second-order valence-electron chi connectivity index (χ2n) is 6.55. The molecule has 19 heavy (non-hydrogen) atoms. The van der Waals surface area contributed by atoms with Crippen molar-refractivity contribution in [3.8, 4) is 0 Å². The lowest BCUT2D eigenvalue weighted by atomic mass is 9.72. The molecule has 0 spiro atoms. The summed E-state index contributed by atoms with van der Waals surface area (Å²) >= 11 is 0. The molecular weight excluding hydrogens is 240 g/mol. The summed E-state index contributed by atoms with van der Waals surface area (Å²) in [5.74, 6) is -1.81. The molecule has 0 saturated heterocycles. The summed E-state index contributed by atoms with van der Waals surface area (Å²) in [7, 11) is 0. The standard InChI is InChI=1S/C16H26O3/c1-11-7-6-9-15(3,4)13(11)8-10-16(5,19)12(2)14(17)18/h8,10,12,19H,6-7,9H2,1-5H3,(H,17,18). The molecule has 3 nitrogen and oxygen atoms in total. The average molecular weight is 266 g/mol. The zero-order valence-corrected chi connectivity index (χ0v) is 12.7. The number of carbonyl (C=O) groups is 1. The molecule has 0 bridgehead atoms. The number of allylic oxidation sites excluding steroid dienone is 3. The molecule has 2 N–H and O–H groups in total. The number of rotatable bonds is 4. The highest BCUT2D eigenvalue weighted by Crippen LogP contribution is 2.41. The zero-order valence-electron chi connectivity index (χ0n) is 12.7. The van der Waals surface area contributed by atoms with Gasteiger partial charge in [-0.2, -0.15) is 0 Å². The molecule has 108 valence electrons. The second kappa shape index (κ2) is 5.49. The van der Waals surface area contributed by atoms with Crippen molar-refractivity contribution in [3.63, 3.8) is 0 Å². The maximum Gasteiger partial charge on any atom is 0.309 e. The van der Waals surface area contributed by atoms with E-state index >= 15 is 0 Å². The molecule has 0 amide bonds. The lowest BCUT2D eigenvalue weighted by Crippen LogP contribution is -2.36. The number of hydrogen-bond donors (Lipinski definition) is 2. The Kier molecular flexibility index (Phi) is 4.62. The minimum atomic E-state index is -1.33. The fourth-order valence-corrected chi connectivity index (χ4v) is 2.66. The Morgan fingerprint density at radius 3 is 2.53 bits per heavy atom. The van der Waals surface area contributed by atoms with E-state index in [0.717, 1.165) is 12.8 Å². The molecule has 0 heterocycles. The van der Waals surface area contributed by atoms with Crippen molar-refractivity contribution < 1.29 is 15.0 Å². The first-order valence-corrected chi connectivity index (χ1v) is 6.92. The van der Waals surface area contributed by atoms with E-state index in [1.54, 1.807) is 13.0 Å². The predicted octanol–water partition coefficient (Wildman–Crippen LogP) is 3.54. The Hall–Kier alpha value is -1.09. The van der Waals surface area contributed by atoms with Gasteiger partial charge in [-0.1, -0.05) is 31.6 Å². The summed E-state index contributed by atoms with van der Waals surface area (Å²) in [6.45, 7) is 9.60. The van der Waals surface area contributed by atoms with Gasteiger partial charge in [0.1, 0.15) is 0 Å². The van der Waals surface area contributed by atoms with Crippen LogP contribution < -0.4 is 0 Å². The maximum absolute atomic E-state index is 11.0. The quantitative estimate of drug-likeness (QED) is 0.818. The largest absolute Gasteiger partial charge is 0.481 e. The van der Waals surface area contributed by atoms with Crippen LogP contribution in [-0.2, 0) is 4.79 Å². The smallest absolute Gasteiger partial charge is 0.309 e. The van der Waals surface area contributed by atoms with Crippen molar-refractivity contribution in [2.24, 2.45) is 11.3 Å². The summed E-state index contributed by atoms with van der Waals surface area (Å²) < 4.78 is 0. The van der Waals surface area contributed by atoms with Crippen LogP contribution in [0.25, 0.3) is 0 Å². The molecule has 2 atom stereocenters. The number of carboxylic acid groups (broad SMARTS) is 1. The van der Waals surface area contributed by atoms with E-state index in [1.807, 2.05) is 6.08 Å². The first-order chi connectivity index (χ1) is 8.58. The van der Waals surface area contributed by atoms with Crippen molar-refractivity contribution in [1.82, 2.24) is 0 Å². The minimum Gasteiger partial charge on any atom is -0.481 e. The van der Waals surface area contributed by atoms with Crippen LogP contribution in [-0.4, -0.2) is 21.8 Å². The van der Waals surface area contributed by atoms with Crippen LogP contribution in [0.2, 0.25) is 0 Å². The van der Waals surface area contributed by atoms with Gasteiger partial charge in [-0.15, -0.1) is 0 Å². The normalized spacial score (nSPS) is 24.3. The van der Waals surface area contributed by atoms with Gasteiger partial charge in [0, 0.05) is 0 Å². The summed E-state index contributed by atoms with van der Waals surface area (Å²) in [5.41, 5.74) is 1.34. The molecule has 1 aliphatic carbocycles. The van der Waals surface area contributed by atoms with Crippen LogP contribution in [0, 0.1) is 11.3 Å². The third kappa shape index (κ3) is 3.69. The van der Waals surface area contributed by atoms with Crippen LogP contribution in [0.1, 0.15) is 53.9 Å². The monoisotopic (exact) mass is 266 g/mol. The summed E-state index contributed by atoms with van der Waals surface area (Å²) in [5, 5.41) is 19.3. The lowest BCUT2D eigenvalue weighted by Gasteiger charge is -2.33. The topological polar surface area (TPSA) is 57.5 Å². The van der Waals surface area contributed by atoms with Crippen LogP contribution in [0.15, 0.2) is 23.3 Å². The molecule has 0 aromatic heterocycles. The Morgan fingerprint density at radius 2 is 2.05 bits per heavy atom. The zero-order chi connectivity index (χ0) is 14.8. The molecule has 0 aromatic carbocycles. The van der Waals surface area contributed by atoms with Gasteiger partial charge in [-0.3, -0.25) is 4.79 Å². The summed E-state index contributed by atoms with van der Waals surface area (Å²) in [6.07, 6.45) is 6.96. The lowest BCUT2D eigenvalue weighted by molar-refractivity contribution is -0.147. The van der Waals surface area contributed by atoms with E-state index < -0.39 is 17.5 Å². The number of hydrogen-bond acceptors (Lipinski definition) is 2. The van der Waals surface area contributed by atoms with Crippen molar-refractivity contribution in [2.45, 2.75) is 59.5 Å². The molecule has 0 aliphatic heterocycles. The van der Waals surface area contributed by atoms with E-state index in [1.165, 1.54) is 24.5 Å². The molecule has 1 rings (SSSR count). The number of aliphatic carboxylic acids is 1. The summed E-state index contributed by atoms with van der Waals surface area (Å²) in [6, 6.07) is 0. The SMILES string of the molecule is CC1=C(C=CC(C)(O)C(C)C(=O)O)C(C)(C)CCC1. The van der Waals surface area contributed by atoms with E-state index in [-0.39, 0.29) is 5.41 Å². The van der Waals surface area contributed by atoms with Crippen LogP contribution in [0.4, 0.5) is 0 Å². The van der Waals surface area contributed by atoms with Crippen LogP contribution in [0.3, 0.4) is 0 Å². The molecule has 0 saturated carbocycles. The molecule has 0 aromatic rings. The maximum atomic E-state index is 11.0. The van der Waals surface area contributed by atoms with Gasteiger partial charge in [0.05, 0.1) is 11.5 Å². The Labute approximate surface area is 116 Å². The first-order valence-electron chi connectivity index (χ1n) is 6.92. The van der Waals surface area contributed by atoms with Gasteiger partial charge in [0.2, 0.25) is 0 Å².